The van der Waals surface area contributed by atoms with Gasteiger partial charge in [-0.15, -0.1) is 0 Å². The standard InChI is InChI=1S/C25H24Cl2F2N6OS/c1-30-12-15-11-16(5-6-20(15)34-9-7-25(28,29)8-10-34)32-24-31-13-17-22(33-24)37-14-35(23(17)36)21-18(26)3-2-4-19(21)27/h2-6,11,13,30H,7-10,12,14H2,1H3,(H,31,32,33). The number of nitrogens with zero attached hydrogens (tertiary/aromatic N) is 4. The molecule has 2 aliphatic heterocycles. The van der Waals surface area contributed by atoms with Crippen LogP contribution in [0.1, 0.15) is 28.8 Å². The number of nitrogens with one attached hydrogen (secondary N) is 2. The molecule has 0 bridgehead atoms. The van der Waals surface area contributed by atoms with Crippen molar-refractivity contribution in [2.24, 2.45) is 0 Å². The molecule has 2 aliphatic rings. The van der Waals surface area contributed by atoms with Gasteiger partial charge < -0.3 is 15.5 Å². The smallest absolute Gasteiger partial charge is 0.263 e. The molecule has 0 radical (unpaired) electrons. The van der Waals surface area contributed by atoms with E-state index in [-0.39, 0.29) is 18.7 Å². The molecule has 0 spiro atoms. The van der Waals surface area contributed by atoms with E-state index in [1.807, 2.05) is 30.1 Å². The molecule has 2 aromatic carbocycles. The molecule has 0 saturated carbocycles. The van der Waals surface area contributed by atoms with Crippen LogP contribution in [-0.4, -0.2) is 47.8 Å². The molecule has 37 heavy (non-hydrogen) atoms. The Balaban J connectivity index is 1.35. The Kier molecular flexibility index (Phi) is 7.44. The molecule has 5 rings (SSSR count). The Labute approximate surface area is 227 Å². The van der Waals surface area contributed by atoms with Crippen molar-refractivity contribution < 1.29 is 13.6 Å². The van der Waals surface area contributed by atoms with Crippen molar-refractivity contribution in [3.63, 3.8) is 0 Å². The summed E-state index contributed by atoms with van der Waals surface area (Å²) in [6.45, 7) is 1.20. The van der Waals surface area contributed by atoms with Crippen LogP contribution in [0.25, 0.3) is 0 Å². The Morgan fingerprint density at radius 1 is 1.14 bits per heavy atom. The number of carbonyl (C=O) groups excluding carboxylic acids is 1. The van der Waals surface area contributed by atoms with Crippen molar-refractivity contribution in [2.75, 3.05) is 41.1 Å². The fraction of sp³-hybridized carbons (Fsp3) is 0.320. The minimum absolute atomic E-state index is 0.147. The number of halogens is 4. The number of aromatic nitrogens is 2. The minimum atomic E-state index is -2.60. The van der Waals surface area contributed by atoms with Crippen LogP contribution in [0.15, 0.2) is 47.6 Å². The molecule has 3 heterocycles. The summed E-state index contributed by atoms with van der Waals surface area (Å²) in [5.41, 5.74) is 3.50. The molecule has 7 nitrogen and oxygen atoms in total. The maximum Gasteiger partial charge on any atom is 0.263 e. The zero-order valence-corrected chi connectivity index (χ0v) is 22.2. The largest absolute Gasteiger partial charge is 0.371 e. The Morgan fingerprint density at radius 3 is 2.57 bits per heavy atom. The minimum Gasteiger partial charge on any atom is -0.371 e. The van der Waals surface area contributed by atoms with Crippen LogP contribution in [0, 0.1) is 0 Å². The lowest BCUT2D eigenvalue weighted by Gasteiger charge is -2.34. The normalized spacial score (nSPS) is 17.1. The Morgan fingerprint density at radius 2 is 1.86 bits per heavy atom. The lowest BCUT2D eigenvalue weighted by atomic mass is 10.0. The third-order valence-electron chi connectivity index (χ3n) is 6.31. The van der Waals surface area contributed by atoms with E-state index >= 15 is 0 Å². The van der Waals surface area contributed by atoms with Gasteiger partial charge in [0.05, 0.1) is 27.2 Å². The number of benzene rings is 2. The molecule has 1 aromatic heterocycles. The lowest BCUT2D eigenvalue weighted by molar-refractivity contribution is -0.0220. The van der Waals surface area contributed by atoms with Gasteiger partial charge in [0.15, 0.2) is 0 Å². The summed E-state index contributed by atoms with van der Waals surface area (Å²) in [4.78, 5) is 25.6. The first-order chi connectivity index (χ1) is 17.8. The first kappa shape index (κ1) is 26.0. The van der Waals surface area contributed by atoms with E-state index in [0.717, 1.165) is 16.9 Å². The summed E-state index contributed by atoms with van der Waals surface area (Å²) in [5, 5.41) is 7.69. The molecule has 1 amide bonds. The van der Waals surface area contributed by atoms with E-state index in [2.05, 4.69) is 20.6 Å². The first-order valence-electron chi connectivity index (χ1n) is 11.7. The zero-order valence-electron chi connectivity index (χ0n) is 19.9. The highest BCUT2D eigenvalue weighted by atomic mass is 35.5. The van der Waals surface area contributed by atoms with Crippen LogP contribution >= 0.6 is 35.0 Å². The predicted molar refractivity (Wildman–Crippen MR) is 145 cm³/mol. The second-order valence-corrected chi connectivity index (χ2v) is 10.6. The number of anilines is 4. The van der Waals surface area contributed by atoms with Gasteiger partial charge in [-0.3, -0.25) is 9.69 Å². The van der Waals surface area contributed by atoms with Gasteiger partial charge in [0.25, 0.3) is 11.8 Å². The summed E-state index contributed by atoms with van der Waals surface area (Å²) >= 11 is 14.0. The third kappa shape index (κ3) is 5.47. The van der Waals surface area contributed by atoms with Crippen LogP contribution in [0.3, 0.4) is 0 Å². The van der Waals surface area contributed by atoms with Crippen LogP contribution in [0.2, 0.25) is 10.0 Å². The number of piperidine rings is 1. The second kappa shape index (κ2) is 10.6. The first-order valence-corrected chi connectivity index (χ1v) is 13.4. The summed E-state index contributed by atoms with van der Waals surface area (Å²) < 4.78 is 27.3. The second-order valence-electron chi connectivity index (χ2n) is 8.83. The monoisotopic (exact) mass is 564 g/mol. The maximum atomic E-state index is 13.6. The molecule has 0 unspecified atom stereocenters. The summed E-state index contributed by atoms with van der Waals surface area (Å²) in [5.74, 6) is -2.21. The number of fused-ring (bicyclic) bond motifs is 1. The predicted octanol–water partition coefficient (Wildman–Crippen LogP) is 6.19. The van der Waals surface area contributed by atoms with Gasteiger partial charge >= 0.3 is 0 Å². The SMILES string of the molecule is CNCc1cc(Nc2ncc3c(n2)SCN(c2c(Cl)cccc2Cl)C3=O)ccc1N1CCC(F)(F)CC1. The van der Waals surface area contributed by atoms with E-state index in [0.29, 0.717) is 57.8 Å². The van der Waals surface area contributed by atoms with Crippen molar-refractivity contribution in [3.05, 3.63) is 63.8 Å². The van der Waals surface area contributed by atoms with E-state index in [4.69, 9.17) is 23.2 Å². The number of hydrogen-bond acceptors (Lipinski definition) is 7. The van der Waals surface area contributed by atoms with Crippen LogP contribution in [-0.2, 0) is 6.54 Å². The highest BCUT2D eigenvalue weighted by Gasteiger charge is 2.34. The molecule has 0 atom stereocenters. The van der Waals surface area contributed by atoms with Crippen LogP contribution < -0.4 is 20.4 Å². The van der Waals surface area contributed by atoms with Crippen molar-refractivity contribution >= 4 is 63.9 Å². The van der Waals surface area contributed by atoms with Gasteiger partial charge in [-0.2, -0.15) is 0 Å². The number of amides is 1. The topological polar surface area (TPSA) is 73.4 Å². The van der Waals surface area contributed by atoms with Crippen molar-refractivity contribution in [3.8, 4) is 0 Å². The van der Waals surface area contributed by atoms with Crippen molar-refractivity contribution in [1.82, 2.24) is 15.3 Å². The molecule has 12 heteroatoms. The van der Waals surface area contributed by atoms with Gasteiger partial charge in [-0.25, -0.2) is 18.7 Å². The van der Waals surface area contributed by atoms with E-state index < -0.39 is 5.92 Å². The highest BCUT2D eigenvalue weighted by Crippen LogP contribution is 2.40. The molecule has 3 aromatic rings. The maximum absolute atomic E-state index is 13.6. The molecular formula is C25H24Cl2F2N6OS. The number of hydrogen-bond donors (Lipinski definition) is 2. The van der Waals surface area contributed by atoms with Gasteiger partial charge in [0.2, 0.25) is 5.95 Å². The fourth-order valence-corrected chi connectivity index (χ4v) is 5.98. The van der Waals surface area contributed by atoms with Crippen molar-refractivity contribution in [1.29, 1.82) is 0 Å². The summed E-state index contributed by atoms with van der Waals surface area (Å²) in [6, 6.07) is 10.9. The Hall–Kier alpha value is -2.66. The number of para-hydroxylation sites is 1. The highest BCUT2D eigenvalue weighted by molar-refractivity contribution is 7.99. The molecular weight excluding hydrogens is 541 g/mol. The van der Waals surface area contributed by atoms with Crippen LogP contribution in [0.5, 0.6) is 0 Å². The average Bonchev–Trinajstić information content (AvgIpc) is 2.86. The Bertz CT molecular complexity index is 1310. The lowest BCUT2D eigenvalue weighted by Crippen LogP contribution is -2.39. The fourth-order valence-electron chi connectivity index (χ4n) is 4.43. The zero-order chi connectivity index (χ0) is 26.2. The summed E-state index contributed by atoms with van der Waals surface area (Å²) in [6.07, 6.45) is 1.20. The van der Waals surface area contributed by atoms with E-state index in [1.54, 1.807) is 18.2 Å². The molecule has 194 valence electrons. The number of thioether (sulfide) groups is 1. The third-order valence-corrected chi connectivity index (χ3v) is 7.89. The van der Waals surface area contributed by atoms with Crippen molar-refractivity contribution in [2.45, 2.75) is 30.3 Å². The van der Waals surface area contributed by atoms with Gasteiger partial charge in [0, 0.05) is 50.0 Å². The van der Waals surface area contributed by atoms with E-state index in [9.17, 15) is 13.6 Å². The van der Waals surface area contributed by atoms with Crippen LogP contribution in [0.4, 0.5) is 31.8 Å². The van der Waals surface area contributed by atoms with E-state index in [1.165, 1.54) is 22.9 Å². The quantitative estimate of drug-likeness (QED) is 0.345. The van der Waals surface area contributed by atoms with Gasteiger partial charge in [-0.1, -0.05) is 41.0 Å². The average molecular weight is 565 g/mol. The van der Waals surface area contributed by atoms with Gasteiger partial charge in [0.1, 0.15) is 5.03 Å². The number of rotatable bonds is 6. The molecule has 0 aliphatic carbocycles. The molecule has 1 fully saturated rings. The molecule has 1 saturated heterocycles. The van der Waals surface area contributed by atoms with Gasteiger partial charge in [-0.05, 0) is 42.9 Å². The number of carbonyl (C=O) groups is 1. The summed E-state index contributed by atoms with van der Waals surface area (Å²) in [7, 11) is 1.84. The molecule has 2 N–H and O–H groups in total. The number of alkyl halides is 2.